The normalized spacial score (nSPS) is 25.4. The van der Waals surface area contributed by atoms with Crippen LogP contribution in [0, 0.1) is 0 Å². The van der Waals surface area contributed by atoms with Gasteiger partial charge in [0.2, 0.25) is 0 Å². The van der Waals surface area contributed by atoms with Gasteiger partial charge in [-0.25, -0.2) is 20.0 Å². The Morgan fingerprint density at radius 3 is 2.78 bits per heavy atom. The van der Waals surface area contributed by atoms with Crippen LogP contribution in [0.1, 0.15) is 33.1 Å². The summed E-state index contributed by atoms with van der Waals surface area (Å²) in [5.41, 5.74) is 4.98. The highest BCUT2D eigenvalue weighted by Gasteiger charge is 2.25. The molecular weight excluding hydrogens is 228 g/mol. The van der Waals surface area contributed by atoms with Crippen molar-refractivity contribution in [2.75, 3.05) is 5.43 Å². The van der Waals surface area contributed by atoms with Crippen LogP contribution in [-0.2, 0) is 0 Å². The Morgan fingerprint density at radius 2 is 2.00 bits per heavy atom. The predicted octanol–water partition coefficient (Wildman–Crippen LogP) is 1.94. The molecule has 0 saturated carbocycles. The molecule has 0 aliphatic carbocycles. The van der Waals surface area contributed by atoms with Crippen molar-refractivity contribution in [3.8, 4) is 0 Å². The van der Waals surface area contributed by atoms with Crippen LogP contribution in [0.15, 0.2) is 12.7 Å². The maximum atomic E-state index is 4.31. The number of fused-ring (bicyclic) bond motifs is 1. The number of rotatable bonds is 2. The lowest BCUT2D eigenvalue weighted by molar-refractivity contribution is 0.135. The van der Waals surface area contributed by atoms with E-state index in [4.69, 9.17) is 0 Å². The number of anilines is 1. The standard InChI is InChI=1S/C12H18N6/c1-8-4-3-5-9(2)18(8)17-12-10-11(14-6-13-10)15-7-16-12/h6-9H,3-5H2,1-2H3,(H2,13,14,15,16,17). The van der Waals surface area contributed by atoms with E-state index in [-0.39, 0.29) is 0 Å². The lowest BCUT2D eigenvalue weighted by Gasteiger charge is -2.39. The minimum Gasteiger partial charge on any atom is -0.340 e. The molecule has 2 N–H and O–H groups in total. The predicted molar refractivity (Wildman–Crippen MR) is 69.9 cm³/mol. The fourth-order valence-corrected chi connectivity index (χ4v) is 2.61. The number of hydrogen-bond donors (Lipinski definition) is 2. The number of aromatic nitrogens is 4. The van der Waals surface area contributed by atoms with E-state index >= 15 is 0 Å². The number of H-pyrrole nitrogens is 1. The molecule has 0 radical (unpaired) electrons. The van der Waals surface area contributed by atoms with Gasteiger partial charge in [-0.05, 0) is 26.7 Å². The zero-order valence-electron chi connectivity index (χ0n) is 10.7. The molecule has 1 fully saturated rings. The van der Waals surface area contributed by atoms with Crippen molar-refractivity contribution >= 4 is 17.0 Å². The van der Waals surface area contributed by atoms with Crippen LogP contribution in [0.2, 0.25) is 0 Å². The second kappa shape index (κ2) is 4.53. The van der Waals surface area contributed by atoms with Crippen molar-refractivity contribution < 1.29 is 0 Å². The lowest BCUT2D eigenvalue weighted by Crippen LogP contribution is -2.47. The molecule has 1 aliphatic rings. The molecule has 2 unspecified atom stereocenters. The topological polar surface area (TPSA) is 69.7 Å². The monoisotopic (exact) mass is 246 g/mol. The summed E-state index contributed by atoms with van der Waals surface area (Å²) in [4.78, 5) is 15.7. The van der Waals surface area contributed by atoms with Gasteiger partial charge in [0, 0.05) is 12.1 Å². The van der Waals surface area contributed by atoms with Crippen LogP contribution in [-0.4, -0.2) is 37.0 Å². The average Bonchev–Trinajstić information content (AvgIpc) is 2.83. The van der Waals surface area contributed by atoms with Crippen LogP contribution in [0.3, 0.4) is 0 Å². The highest BCUT2D eigenvalue weighted by atomic mass is 15.5. The summed E-state index contributed by atoms with van der Waals surface area (Å²) in [5, 5.41) is 2.28. The smallest absolute Gasteiger partial charge is 0.182 e. The van der Waals surface area contributed by atoms with E-state index in [1.807, 2.05) is 0 Å². The zero-order valence-corrected chi connectivity index (χ0v) is 10.7. The molecule has 6 nitrogen and oxygen atoms in total. The Kier molecular flexibility index (Phi) is 2.87. The van der Waals surface area contributed by atoms with Gasteiger partial charge in [0.25, 0.3) is 0 Å². The van der Waals surface area contributed by atoms with Gasteiger partial charge in [-0.1, -0.05) is 6.42 Å². The molecule has 6 heteroatoms. The molecule has 18 heavy (non-hydrogen) atoms. The maximum absolute atomic E-state index is 4.31. The highest BCUT2D eigenvalue weighted by Crippen LogP contribution is 2.24. The second-order valence-corrected chi connectivity index (χ2v) is 4.97. The number of nitrogens with zero attached hydrogens (tertiary/aromatic N) is 4. The second-order valence-electron chi connectivity index (χ2n) is 4.97. The molecular formula is C12H18N6. The molecule has 1 aliphatic heterocycles. The third kappa shape index (κ3) is 1.92. The van der Waals surface area contributed by atoms with Gasteiger partial charge in [-0.3, -0.25) is 0 Å². The third-order valence-electron chi connectivity index (χ3n) is 3.65. The first-order valence-corrected chi connectivity index (χ1v) is 6.45. The van der Waals surface area contributed by atoms with E-state index < -0.39 is 0 Å². The van der Waals surface area contributed by atoms with Crippen LogP contribution < -0.4 is 5.43 Å². The molecule has 2 atom stereocenters. The van der Waals surface area contributed by atoms with E-state index in [1.165, 1.54) is 19.3 Å². The number of aromatic amines is 1. The molecule has 96 valence electrons. The minimum absolute atomic E-state index is 0.515. The summed E-state index contributed by atoms with van der Waals surface area (Å²) in [7, 11) is 0. The molecule has 3 heterocycles. The SMILES string of the molecule is CC1CCCC(C)N1Nc1ncnc2nc[nH]c12. The lowest BCUT2D eigenvalue weighted by atomic mass is 10.00. The van der Waals surface area contributed by atoms with Crippen LogP contribution in [0.4, 0.5) is 5.82 Å². The van der Waals surface area contributed by atoms with E-state index in [9.17, 15) is 0 Å². The van der Waals surface area contributed by atoms with Crippen molar-refractivity contribution in [2.24, 2.45) is 0 Å². The Bertz CT molecular complexity index is 526. The average molecular weight is 246 g/mol. The first kappa shape index (κ1) is 11.4. The van der Waals surface area contributed by atoms with Crippen molar-refractivity contribution in [3.63, 3.8) is 0 Å². The van der Waals surface area contributed by atoms with Gasteiger partial charge in [0.1, 0.15) is 11.8 Å². The van der Waals surface area contributed by atoms with Crippen LogP contribution >= 0.6 is 0 Å². The zero-order chi connectivity index (χ0) is 12.5. The largest absolute Gasteiger partial charge is 0.340 e. The van der Waals surface area contributed by atoms with Gasteiger partial charge in [0.15, 0.2) is 11.5 Å². The number of piperidine rings is 1. The molecule has 0 amide bonds. The van der Waals surface area contributed by atoms with Crippen molar-refractivity contribution in [1.29, 1.82) is 0 Å². The Hall–Kier alpha value is -1.69. The Balaban J connectivity index is 1.89. The molecule has 3 rings (SSSR count). The van der Waals surface area contributed by atoms with Crippen molar-refractivity contribution in [1.82, 2.24) is 24.9 Å². The summed E-state index contributed by atoms with van der Waals surface area (Å²) >= 11 is 0. The maximum Gasteiger partial charge on any atom is 0.182 e. The summed E-state index contributed by atoms with van der Waals surface area (Å²) in [6.45, 7) is 4.49. The van der Waals surface area contributed by atoms with E-state index in [2.05, 4.69) is 44.2 Å². The first-order valence-electron chi connectivity index (χ1n) is 6.45. The summed E-state index contributed by atoms with van der Waals surface area (Å²) < 4.78 is 0. The quantitative estimate of drug-likeness (QED) is 0.847. The Labute approximate surface area is 106 Å². The fraction of sp³-hybridized carbons (Fsp3) is 0.583. The summed E-state index contributed by atoms with van der Waals surface area (Å²) in [6, 6.07) is 1.03. The minimum atomic E-state index is 0.515. The van der Waals surface area contributed by atoms with Gasteiger partial charge < -0.3 is 10.4 Å². The van der Waals surface area contributed by atoms with E-state index in [1.54, 1.807) is 12.7 Å². The molecule has 0 bridgehead atoms. The summed E-state index contributed by atoms with van der Waals surface area (Å²) in [5.74, 6) is 0.804. The molecule has 2 aromatic heterocycles. The highest BCUT2D eigenvalue weighted by molar-refractivity contribution is 5.81. The Morgan fingerprint density at radius 1 is 1.22 bits per heavy atom. The molecule has 1 saturated heterocycles. The van der Waals surface area contributed by atoms with Gasteiger partial charge in [-0.2, -0.15) is 0 Å². The van der Waals surface area contributed by atoms with E-state index in [0.717, 1.165) is 11.3 Å². The number of hydrazine groups is 1. The summed E-state index contributed by atoms with van der Waals surface area (Å²) in [6.07, 6.45) is 6.92. The molecule has 0 spiro atoms. The van der Waals surface area contributed by atoms with Crippen molar-refractivity contribution in [2.45, 2.75) is 45.2 Å². The number of imidazole rings is 1. The molecule has 0 aromatic carbocycles. The first-order chi connectivity index (χ1) is 8.75. The van der Waals surface area contributed by atoms with Crippen molar-refractivity contribution in [3.05, 3.63) is 12.7 Å². The third-order valence-corrected chi connectivity index (χ3v) is 3.65. The molecule has 2 aromatic rings. The number of hydrogen-bond acceptors (Lipinski definition) is 5. The fourth-order valence-electron chi connectivity index (χ4n) is 2.61. The van der Waals surface area contributed by atoms with Gasteiger partial charge in [-0.15, -0.1) is 0 Å². The van der Waals surface area contributed by atoms with E-state index in [0.29, 0.717) is 17.7 Å². The van der Waals surface area contributed by atoms with Crippen LogP contribution in [0.25, 0.3) is 11.2 Å². The van der Waals surface area contributed by atoms with Gasteiger partial charge in [0.05, 0.1) is 6.33 Å². The van der Waals surface area contributed by atoms with Crippen LogP contribution in [0.5, 0.6) is 0 Å². The van der Waals surface area contributed by atoms with Gasteiger partial charge >= 0.3 is 0 Å². The number of nitrogens with one attached hydrogen (secondary N) is 2.